The molecule has 0 atom stereocenters. The van der Waals surface area contributed by atoms with Crippen molar-refractivity contribution in [3.63, 3.8) is 0 Å². The fraction of sp³-hybridized carbons (Fsp3) is 0. The molecule has 0 aliphatic carbocycles. The van der Waals surface area contributed by atoms with Crippen LogP contribution < -0.4 is 0 Å². The smallest absolute Gasteiger partial charge is 0.262 e. The Morgan fingerprint density at radius 1 is 1.33 bits per heavy atom. The third-order valence-corrected chi connectivity index (χ3v) is 0. The van der Waals surface area contributed by atoms with E-state index in [1.165, 1.54) is 0 Å². The van der Waals surface area contributed by atoms with Crippen LogP contribution in [0.2, 0.25) is 0 Å². The van der Waals surface area contributed by atoms with Crippen LogP contribution in [0.25, 0.3) is 0 Å². The highest BCUT2D eigenvalue weighted by Crippen LogP contribution is 1.84. The molecule has 0 aromatic rings. The minimum absolute atomic E-state index is 0.889. The van der Waals surface area contributed by atoms with Crippen molar-refractivity contribution in [1.29, 1.82) is 10.8 Å². The van der Waals surface area contributed by atoms with Crippen LogP contribution in [-0.2, 0) is 0 Å². The molecule has 6 heavy (non-hydrogen) atoms. The lowest BCUT2D eigenvalue weighted by atomic mass is 11.8. The van der Waals surface area contributed by atoms with E-state index < -0.39 is 4.70 Å². The molecule has 0 rings (SSSR count). The van der Waals surface area contributed by atoms with Crippen molar-refractivity contribution in [2.75, 3.05) is 0 Å². The summed E-state index contributed by atoms with van der Waals surface area (Å²) in [6, 6.07) is 0. The summed E-state index contributed by atoms with van der Waals surface area (Å²) in [4.78, 5) is 8.98. The van der Waals surface area contributed by atoms with Gasteiger partial charge in [-0.25, -0.2) is 0 Å². The third kappa shape index (κ3) is 240. The van der Waals surface area contributed by atoms with Gasteiger partial charge in [0.1, 0.15) is 0 Å². The molecule has 0 aromatic carbocycles. The van der Waals surface area contributed by atoms with Gasteiger partial charge in [-0.2, -0.15) is 0 Å². The van der Waals surface area contributed by atoms with E-state index in [1.807, 2.05) is 0 Å². The minimum Gasteiger partial charge on any atom is -0.262 e. The quantitative estimate of drug-likeness (QED) is 0.366. The highest BCUT2D eigenvalue weighted by molar-refractivity contribution is 6.93. The Balaban J connectivity index is 0. The number of carbonyl (C=O) groups excluding carboxylic acids is 1. The van der Waals surface area contributed by atoms with Crippen molar-refractivity contribution >= 4 is 27.9 Å². The van der Waals surface area contributed by atoms with Crippen molar-refractivity contribution in [2.45, 2.75) is 0 Å². The highest BCUT2D eigenvalue weighted by Gasteiger charge is 1.72. The molecule has 0 unspecified atom stereocenters. The van der Waals surface area contributed by atoms with Gasteiger partial charge in [0.15, 0.2) is 0 Å². The standard InChI is InChI=1S/CCl2O.N2/c2-1(3)4;1-2. The zero-order valence-corrected chi connectivity index (χ0v) is 4.07. The maximum Gasteiger partial charge on any atom is 0.313 e. The van der Waals surface area contributed by atoms with Gasteiger partial charge in [-0.15, -0.1) is 0 Å². The maximum absolute atomic E-state index is 8.98. The average Bonchev–Trinajstić information content (AvgIpc) is 1.41. The first kappa shape index (κ1) is 9.18. The largest absolute Gasteiger partial charge is 0.313 e. The molecule has 0 radical (unpaired) electrons. The Kier molecular flexibility index (Phi) is 13.5. The predicted octanol–water partition coefficient (Wildman–Crippen LogP) is 1.61. The molecule has 0 aliphatic heterocycles. The van der Waals surface area contributed by atoms with Crippen LogP contribution in [0.1, 0.15) is 0 Å². The molecule has 34 valence electrons. The first-order valence-corrected chi connectivity index (χ1v) is 1.54. The Morgan fingerprint density at radius 3 is 1.33 bits per heavy atom. The zero-order chi connectivity index (χ0) is 5.58. The number of rotatable bonds is 0. The molecule has 0 saturated heterocycles. The molecule has 0 aliphatic rings. The second-order valence-electron chi connectivity index (χ2n) is 0.226. The molecular weight excluding hydrogens is 127 g/mol. The normalized spacial score (nSPS) is 4.67. The number of hydrogen-bond donors (Lipinski definition) is 0. The average molecular weight is 127 g/mol. The fourth-order valence-electron chi connectivity index (χ4n) is 0. The van der Waals surface area contributed by atoms with Crippen LogP contribution in [0.5, 0.6) is 0 Å². The monoisotopic (exact) mass is 126 g/mol. The zero-order valence-electron chi connectivity index (χ0n) is 2.56. The van der Waals surface area contributed by atoms with Crippen LogP contribution in [0.15, 0.2) is 0 Å². The van der Waals surface area contributed by atoms with Crippen LogP contribution in [0, 0.1) is 10.8 Å². The summed E-state index contributed by atoms with van der Waals surface area (Å²) in [6.07, 6.45) is 0. The molecule has 5 heteroatoms. The van der Waals surface area contributed by atoms with Gasteiger partial charge in [0.25, 0.3) is 0 Å². The molecule has 0 N–H and O–H groups in total. The Morgan fingerprint density at radius 2 is 1.33 bits per heavy atom. The summed E-state index contributed by atoms with van der Waals surface area (Å²) in [5.74, 6) is 0. The Bertz CT molecular complexity index is 55.8. The topological polar surface area (TPSA) is 64.7 Å². The van der Waals surface area contributed by atoms with Crippen molar-refractivity contribution in [1.82, 2.24) is 0 Å². The van der Waals surface area contributed by atoms with Crippen LogP contribution >= 0.6 is 23.2 Å². The van der Waals surface area contributed by atoms with Gasteiger partial charge in [-0.1, -0.05) is 0 Å². The molecule has 0 heterocycles. The lowest BCUT2D eigenvalue weighted by molar-refractivity contribution is 0.275. The third-order valence-electron chi connectivity index (χ3n) is 0. The second-order valence-corrected chi connectivity index (χ2v) is 1.11. The van der Waals surface area contributed by atoms with Gasteiger partial charge in [-0.05, 0) is 23.2 Å². The Labute approximate surface area is 44.3 Å². The minimum atomic E-state index is -0.889. The number of halogens is 2. The molecular formula is CCl2N2O. The van der Waals surface area contributed by atoms with Crippen LogP contribution in [0.4, 0.5) is 4.79 Å². The fourth-order valence-corrected chi connectivity index (χ4v) is 0. The summed E-state index contributed by atoms with van der Waals surface area (Å²) < 4.78 is -0.889. The maximum atomic E-state index is 8.98. The number of hydrogen-bond acceptors (Lipinski definition) is 3. The lowest BCUT2D eigenvalue weighted by Crippen LogP contribution is -1.46. The lowest BCUT2D eigenvalue weighted by Gasteiger charge is -1.48. The van der Waals surface area contributed by atoms with E-state index in [2.05, 4.69) is 23.2 Å². The molecule has 0 fully saturated rings. The van der Waals surface area contributed by atoms with Gasteiger partial charge in [0, 0.05) is 10.8 Å². The van der Waals surface area contributed by atoms with E-state index in [0.29, 0.717) is 0 Å². The number of nitrogens with zero attached hydrogens (tertiary/aromatic N) is 2. The van der Waals surface area contributed by atoms with Crippen molar-refractivity contribution in [3.8, 4) is 0 Å². The van der Waals surface area contributed by atoms with E-state index in [1.54, 1.807) is 0 Å². The van der Waals surface area contributed by atoms with Gasteiger partial charge in [-0.3, -0.25) is 4.79 Å². The van der Waals surface area contributed by atoms with E-state index in [-0.39, 0.29) is 0 Å². The predicted molar refractivity (Wildman–Crippen MR) is 20.6 cm³/mol. The van der Waals surface area contributed by atoms with Crippen molar-refractivity contribution in [3.05, 3.63) is 0 Å². The van der Waals surface area contributed by atoms with Crippen LogP contribution in [0.3, 0.4) is 0 Å². The van der Waals surface area contributed by atoms with Crippen molar-refractivity contribution in [2.24, 2.45) is 0 Å². The van der Waals surface area contributed by atoms with Gasteiger partial charge in [0.05, 0.1) is 0 Å². The van der Waals surface area contributed by atoms with Crippen molar-refractivity contribution < 1.29 is 4.79 Å². The van der Waals surface area contributed by atoms with Gasteiger partial charge >= 0.3 is 4.70 Å². The molecule has 0 aromatic heterocycles. The first-order valence-electron chi connectivity index (χ1n) is 0.782. The molecule has 0 spiro atoms. The molecule has 0 amide bonds. The summed E-state index contributed by atoms with van der Waals surface area (Å²) in [7, 11) is 0. The molecule has 0 bridgehead atoms. The van der Waals surface area contributed by atoms with E-state index in [9.17, 15) is 0 Å². The second kappa shape index (κ2) is 8.82. The Hall–Kier alpha value is -0.330. The van der Waals surface area contributed by atoms with Gasteiger partial charge < -0.3 is 0 Å². The summed E-state index contributed by atoms with van der Waals surface area (Å²) in [5, 5.41) is 12.0. The first-order chi connectivity index (χ1) is 2.73. The van der Waals surface area contributed by atoms with E-state index in [4.69, 9.17) is 15.6 Å². The highest BCUT2D eigenvalue weighted by atomic mass is 35.5. The SMILES string of the molecule is N#N.O=C(Cl)Cl. The summed E-state index contributed by atoms with van der Waals surface area (Å²) in [5.41, 5.74) is 0. The van der Waals surface area contributed by atoms with E-state index >= 15 is 0 Å². The molecule has 0 saturated carbocycles. The number of carbonyl (C=O) groups is 1. The van der Waals surface area contributed by atoms with Gasteiger partial charge in [0.2, 0.25) is 0 Å². The van der Waals surface area contributed by atoms with E-state index in [0.717, 1.165) is 0 Å². The molecule has 3 nitrogen and oxygen atoms in total. The summed E-state index contributed by atoms with van der Waals surface area (Å²) >= 11 is 8.80. The van der Waals surface area contributed by atoms with Crippen LogP contribution in [-0.4, -0.2) is 4.70 Å². The summed E-state index contributed by atoms with van der Waals surface area (Å²) in [6.45, 7) is 0.